The summed E-state index contributed by atoms with van der Waals surface area (Å²) >= 11 is 12.9. The number of sulfonamides is 1. The summed E-state index contributed by atoms with van der Waals surface area (Å²) in [5, 5.41) is 4.47. The van der Waals surface area contributed by atoms with Crippen molar-refractivity contribution < 1.29 is 12.8 Å². The van der Waals surface area contributed by atoms with Crippen molar-refractivity contribution in [1.29, 1.82) is 0 Å². The molecule has 11 heteroatoms. The Kier molecular flexibility index (Phi) is 6.57. The third kappa shape index (κ3) is 4.87. The zero-order valence-corrected chi connectivity index (χ0v) is 21.8. The maximum Gasteiger partial charge on any atom is 0.276 e. The monoisotopic (exact) mass is 547 g/mol. The maximum atomic E-state index is 14.0. The minimum atomic E-state index is -3.97. The van der Waals surface area contributed by atoms with Crippen LogP contribution in [0.2, 0.25) is 10.0 Å². The summed E-state index contributed by atoms with van der Waals surface area (Å²) in [6.45, 7) is 3.78. The minimum Gasteiger partial charge on any atom is -0.367 e. The predicted molar refractivity (Wildman–Crippen MR) is 140 cm³/mol. The van der Waals surface area contributed by atoms with E-state index < -0.39 is 15.8 Å². The number of hydrogen-bond donors (Lipinski definition) is 1. The van der Waals surface area contributed by atoms with Gasteiger partial charge in [0.1, 0.15) is 5.82 Å². The Morgan fingerprint density at radius 1 is 1.06 bits per heavy atom. The second-order valence-corrected chi connectivity index (χ2v) is 11.6. The average molecular weight is 548 g/mol. The van der Waals surface area contributed by atoms with Crippen LogP contribution in [0.1, 0.15) is 24.0 Å². The quantitative estimate of drug-likeness (QED) is 0.281. The van der Waals surface area contributed by atoms with Crippen molar-refractivity contribution in [3.05, 3.63) is 87.9 Å². The number of hydrogen-bond acceptors (Lipinski definition) is 5. The Morgan fingerprint density at radius 2 is 1.69 bits per heavy atom. The van der Waals surface area contributed by atoms with Crippen LogP contribution in [-0.4, -0.2) is 49.3 Å². The van der Waals surface area contributed by atoms with Gasteiger partial charge in [-0.15, -0.1) is 5.10 Å². The summed E-state index contributed by atoms with van der Waals surface area (Å²) in [4.78, 5) is 10.9. The highest BCUT2D eigenvalue weighted by atomic mass is 35.5. The minimum absolute atomic E-state index is 0.0562. The van der Waals surface area contributed by atoms with E-state index in [0.29, 0.717) is 19.6 Å². The molecule has 0 bridgehead atoms. The summed E-state index contributed by atoms with van der Waals surface area (Å²) in [6, 6.07) is 12.7. The van der Waals surface area contributed by atoms with Gasteiger partial charge in [-0.2, -0.15) is 13.2 Å². The van der Waals surface area contributed by atoms with E-state index in [0.717, 1.165) is 36.2 Å². The molecule has 188 valence electrons. The number of piperazine rings is 1. The van der Waals surface area contributed by atoms with E-state index in [4.69, 9.17) is 23.2 Å². The SMILES string of the molecule is Cc1ccc(S(=O)(=O)N/N=C(/c2c(Cl)cc(F)cc2Cl)N2CCN(c3ccncc3)CC23CC3)cc1. The van der Waals surface area contributed by atoms with Crippen molar-refractivity contribution in [1.82, 2.24) is 14.7 Å². The smallest absolute Gasteiger partial charge is 0.276 e. The van der Waals surface area contributed by atoms with Crippen LogP contribution in [0, 0.1) is 12.7 Å². The van der Waals surface area contributed by atoms with E-state index in [-0.39, 0.29) is 31.9 Å². The predicted octanol–water partition coefficient (Wildman–Crippen LogP) is 4.83. The highest BCUT2D eigenvalue weighted by Gasteiger charge is 2.53. The molecule has 7 nitrogen and oxygen atoms in total. The molecule has 3 aromatic rings. The van der Waals surface area contributed by atoms with Crippen LogP contribution < -0.4 is 9.73 Å². The van der Waals surface area contributed by atoms with Crippen LogP contribution >= 0.6 is 23.2 Å². The summed E-state index contributed by atoms with van der Waals surface area (Å²) in [7, 11) is -3.97. The Morgan fingerprint density at radius 3 is 2.31 bits per heavy atom. The summed E-state index contributed by atoms with van der Waals surface area (Å²) in [5.74, 6) is -0.315. The van der Waals surface area contributed by atoms with E-state index in [1.807, 2.05) is 24.0 Å². The third-order valence-electron chi connectivity index (χ3n) is 6.60. The lowest BCUT2D eigenvalue weighted by molar-refractivity contribution is 0.259. The molecule has 0 radical (unpaired) electrons. The Balaban J connectivity index is 1.53. The molecule has 1 N–H and O–H groups in total. The van der Waals surface area contributed by atoms with Crippen molar-refractivity contribution in [2.24, 2.45) is 5.10 Å². The molecule has 2 aliphatic rings. The molecule has 36 heavy (non-hydrogen) atoms. The molecule has 1 spiro atoms. The topological polar surface area (TPSA) is 77.9 Å². The van der Waals surface area contributed by atoms with Crippen LogP contribution in [-0.2, 0) is 10.0 Å². The number of aromatic nitrogens is 1. The first-order valence-corrected chi connectivity index (χ1v) is 13.7. The van der Waals surface area contributed by atoms with E-state index in [1.54, 1.807) is 24.5 Å². The maximum absolute atomic E-state index is 14.0. The van der Waals surface area contributed by atoms with Crippen molar-refractivity contribution in [2.45, 2.75) is 30.2 Å². The number of rotatable bonds is 5. The molecule has 1 saturated heterocycles. The van der Waals surface area contributed by atoms with Gasteiger partial charge in [-0.3, -0.25) is 4.98 Å². The molecule has 1 saturated carbocycles. The number of nitrogens with one attached hydrogen (secondary N) is 1. The fourth-order valence-corrected chi connectivity index (χ4v) is 5.97. The Labute approximate surface area is 219 Å². The molecule has 2 heterocycles. The van der Waals surface area contributed by atoms with Crippen LogP contribution in [0.15, 0.2) is 70.9 Å². The average Bonchev–Trinajstić information content (AvgIpc) is 3.61. The van der Waals surface area contributed by atoms with Gasteiger partial charge in [0.25, 0.3) is 10.0 Å². The number of benzene rings is 2. The van der Waals surface area contributed by atoms with E-state index in [2.05, 4.69) is 19.8 Å². The summed E-state index contributed by atoms with van der Waals surface area (Å²) in [5.41, 5.74) is 2.00. The number of anilines is 1. The van der Waals surface area contributed by atoms with Gasteiger partial charge in [-0.05, 0) is 56.2 Å². The van der Waals surface area contributed by atoms with Gasteiger partial charge in [0.2, 0.25) is 0 Å². The molecule has 0 unspecified atom stereocenters. The fraction of sp³-hybridized carbons (Fsp3) is 0.280. The van der Waals surface area contributed by atoms with Crippen molar-refractivity contribution in [3.8, 4) is 0 Å². The number of halogens is 3. The van der Waals surface area contributed by atoms with Gasteiger partial charge in [0, 0.05) is 37.7 Å². The molecule has 1 aliphatic carbocycles. The largest absolute Gasteiger partial charge is 0.367 e. The van der Waals surface area contributed by atoms with Crippen LogP contribution in [0.5, 0.6) is 0 Å². The Hall–Kier alpha value is -2.88. The fourth-order valence-electron chi connectivity index (χ4n) is 4.54. The van der Waals surface area contributed by atoms with Crippen LogP contribution in [0.25, 0.3) is 0 Å². The number of pyridine rings is 1. The van der Waals surface area contributed by atoms with Gasteiger partial charge in [-0.25, -0.2) is 4.39 Å². The van der Waals surface area contributed by atoms with Gasteiger partial charge in [-0.1, -0.05) is 40.9 Å². The first kappa shape index (κ1) is 24.8. The van der Waals surface area contributed by atoms with E-state index in [1.165, 1.54) is 12.1 Å². The molecule has 0 atom stereocenters. The molecule has 0 amide bonds. The lowest BCUT2D eigenvalue weighted by Gasteiger charge is -2.44. The second-order valence-electron chi connectivity index (χ2n) is 9.09. The van der Waals surface area contributed by atoms with Gasteiger partial charge in [0.05, 0.1) is 26.0 Å². The second kappa shape index (κ2) is 9.53. The summed E-state index contributed by atoms with van der Waals surface area (Å²) in [6.07, 6.45) is 5.28. The molecular formula is C25H24Cl2FN5O2S. The Bertz CT molecular complexity index is 1390. The zero-order chi connectivity index (χ0) is 25.5. The molecule has 1 aromatic heterocycles. The van der Waals surface area contributed by atoms with Crippen molar-refractivity contribution >= 4 is 44.7 Å². The molecule has 1 aliphatic heterocycles. The van der Waals surface area contributed by atoms with Gasteiger partial charge < -0.3 is 9.80 Å². The molecule has 5 rings (SSSR count). The number of nitrogens with zero attached hydrogens (tertiary/aromatic N) is 4. The van der Waals surface area contributed by atoms with Gasteiger partial charge in [0.15, 0.2) is 5.84 Å². The summed E-state index contributed by atoms with van der Waals surface area (Å²) < 4.78 is 40.0. The van der Waals surface area contributed by atoms with Crippen molar-refractivity contribution in [2.75, 3.05) is 24.5 Å². The van der Waals surface area contributed by atoms with Crippen LogP contribution in [0.3, 0.4) is 0 Å². The highest BCUT2D eigenvalue weighted by Crippen LogP contribution is 2.46. The number of amidine groups is 1. The van der Waals surface area contributed by atoms with Crippen LogP contribution in [0.4, 0.5) is 10.1 Å². The first-order valence-electron chi connectivity index (χ1n) is 11.4. The number of hydrazone groups is 1. The lowest BCUT2D eigenvalue weighted by atomic mass is 10.1. The van der Waals surface area contributed by atoms with Crippen molar-refractivity contribution in [3.63, 3.8) is 0 Å². The molecule has 2 aromatic carbocycles. The molecule has 2 fully saturated rings. The van der Waals surface area contributed by atoms with E-state index >= 15 is 0 Å². The van der Waals surface area contributed by atoms with Gasteiger partial charge >= 0.3 is 0 Å². The normalized spacial score (nSPS) is 17.4. The number of aryl methyl sites for hydroxylation is 1. The highest BCUT2D eigenvalue weighted by molar-refractivity contribution is 7.89. The molecular weight excluding hydrogens is 524 g/mol. The first-order chi connectivity index (χ1) is 17.2. The lowest BCUT2D eigenvalue weighted by Crippen LogP contribution is -2.57. The van der Waals surface area contributed by atoms with E-state index in [9.17, 15) is 12.8 Å². The zero-order valence-electron chi connectivity index (χ0n) is 19.5. The standard InChI is InChI=1S/C25H24Cl2FN5O2S/c1-17-2-4-20(5-3-17)36(34,35)31-30-24(23-21(26)14-18(28)15-22(23)27)33-13-12-32(16-25(33)8-9-25)19-6-10-29-11-7-19/h2-7,10-11,14-15,31H,8-9,12-13,16H2,1H3/b30-24-. The third-order valence-corrected chi connectivity index (χ3v) is 8.42.